The lowest BCUT2D eigenvalue weighted by molar-refractivity contribution is 0.239. The molecule has 11 heterocycles. The number of urea groups is 5. The van der Waals surface area contributed by atoms with Crippen LogP contribution in [0.25, 0.3) is 94.2 Å². The van der Waals surface area contributed by atoms with Crippen molar-refractivity contribution in [2.45, 2.75) is 64.8 Å². The van der Waals surface area contributed by atoms with E-state index in [0.717, 1.165) is 169 Å². The molecule has 6 aromatic heterocycles. The summed E-state index contributed by atoms with van der Waals surface area (Å²) < 4.78 is 6.24. The monoisotopic (exact) mass is 1980 g/mol. The lowest BCUT2D eigenvalue weighted by Gasteiger charge is -2.28. The van der Waals surface area contributed by atoms with Gasteiger partial charge in [0.2, 0.25) is 0 Å². The first-order valence-electron chi connectivity index (χ1n) is 42.5. The van der Waals surface area contributed by atoms with Gasteiger partial charge >= 0.3 is 30.2 Å². The van der Waals surface area contributed by atoms with Crippen LogP contribution in [0.1, 0.15) is 118 Å². The SMILES string of the molecule is CC1=C(c2nc(-c3ccc(Br)cc3)cs2)C(c2cccc(O)c2)NC(=O)N1.CC1=C(c2nc(-c3ccc4ccccc4c3)cs2)C(c2cccc(O)c2)NC(=O)N1.CC1=C(c2nc(-c3cccc(O)c3)cs2)C(c2cccc(O)c2)NC(=O)N1.CC1=C(c2nc(-c3cccs3)cs2)C(c2cccc(O)c2)NC(=O)N1.COc1ccc(-c2csc(C3=C(C)NC(=O)NC3c3ccccc3)n2)cc1. The molecule has 10 aromatic carbocycles. The summed E-state index contributed by atoms with van der Waals surface area (Å²) in [5.74, 6) is 1.62. The number of aromatic nitrogens is 5. The molecule has 5 atom stereocenters. The van der Waals surface area contributed by atoms with Crippen LogP contribution < -0.4 is 57.9 Å². The van der Waals surface area contributed by atoms with Crippen LogP contribution in [0, 0.1) is 0 Å². The van der Waals surface area contributed by atoms with E-state index in [1.54, 1.807) is 143 Å². The Morgan fingerprint density at radius 2 is 0.588 bits per heavy atom. The van der Waals surface area contributed by atoms with Crippen LogP contribution in [0.5, 0.6) is 34.5 Å². The average Bonchev–Trinajstić information content (AvgIpc) is 1.55. The summed E-state index contributed by atoms with van der Waals surface area (Å²) in [6.07, 6.45) is 0. The Balaban J connectivity index is 0.000000118. The highest BCUT2D eigenvalue weighted by Crippen LogP contribution is 2.46. The molecule has 5 aliphatic rings. The van der Waals surface area contributed by atoms with Gasteiger partial charge in [0.05, 0.1) is 70.7 Å². The minimum atomic E-state index is -0.422. The van der Waals surface area contributed by atoms with Crippen LogP contribution >= 0.6 is 84.0 Å². The second-order valence-electron chi connectivity index (χ2n) is 31.7. The number of phenols is 5. The van der Waals surface area contributed by atoms with E-state index in [4.69, 9.17) is 29.7 Å². The zero-order valence-corrected chi connectivity index (χ0v) is 79.8. The topological polar surface area (TPSA) is 380 Å². The van der Waals surface area contributed by atoms with E-state index in [1.165, 1.54) is 33.4 Å². The Hall–Kier alpha value is -15.4. The van der Waals surface area contributed by atoms with Gasteiger partial charge in [-0.2, -0.15) is 0 Å². The average molecular weight is 1980 g/mol. The Kier molecular flexibility index (Phi) is 28.2. The number of nitrogens with one attached hydrogen (secondary N) is 10. The van der Waals surface area contributed by atoms with Crippen LogP contribution in [0.15, 0.2) is 320 Å². The molecule has 21 rings (SSSR count). The van der Waals surface area contributed by atoms with Crippen molar-refractivity contribution in [1.82, 2.24) is 78.1 Å². The van der Waals surface area contributed by atoms with E-state index < -0.39 is 6.04 Å². The van der Waals surface area contributed by atoms with Crippen LogP contribution in [-0.4, -0.2) is 87.7 Å². The van der Waals surface area contributed by atoms with E-state index in [9.17, 15) is 49.5 Å². The second-order valence-corrected chi connectivity index (χ2v) is 37.8. The van der Waals surface area contributed by atoms with Gasteiger partial charge in [-0.05, 0) is 188 Å². The van der Waals surface area contributed by atoms with E-state index in [2.05, 4.69) is 99.4 Å². The molecule has 0 saturated heterocycles. The van der Waals surface area contributed by atoms with Crippen molar-refractivity contribution in [3.05, 3.63) is 373 Å². The van der Waals surface area contributed by atoms with Crippen molar-refractivity contribution in [3.63, 3.8) is 0 Å². The zero-order chi connectivity index (χ0) is 94.8. The smallest absolute Gasteiger partial charge is 0.319 e. The number of nitrogens with zero attached hydrogens (tertiary/aromatic N) is 5. The molecule has 0 fully saturated rings. The standard InChI is InChI=1S/C24H19N3O2S.C21H19N3O2S.C20H16BrN3O2S.C20H17N3O3S.C18H15N3O2S2/c1-14-21(22(27-24(29)25-14)18-7-4-8-19(28)12-18)23-26-20(13-30-23)17-10-9-15-5-2-3-6-16(15)11-17;1-13-18(19(24-21(25)22-13)15-6-4-3-5-7-15)20-23-17(12-27-20)14-8-10-16(26-2)11-9-14;1-11-17(18(24-20(26)22-11)13-3-2-4-15(25)9-13)19-23-16(10-27-19)12-5-7-14(21)8-6-12;1-11-17(18(23-20(26)21-11)13-5-3-7-15(25)9-13)19-22-16(10-27-19)12-4-2-6-14(24)8-12;1-10-15(17-20-13(9-25-17)14-6-3-7-24-14)16(21-18(23)19-10)11-4-2-5-12(22)8-11/h2-13,22,28H,1H3,(H2,25,27,29);3-12,19H,1-2H3,(H2,22,24,25);2-10,18,25H,1H3,(H2,22,24,26);2-10,18,24-25H,1H3,(H2,21,23,26);2-9,16,22H,1H3,(H2,19,21,23). The number of thiophene rings is 1. The van der Waals surface area contributed by atoms with Crippen molar-refractivity contribution in [1.29, 1.82) is 0 Å². The number of carbonyl (C=O) groups excluding carboxylic acids is 5. The zero-order valence-electron chi connectivity index (χ0n) is 73.3. The number of phenolic OH excluding ortho intramolecular Hbond substituents is 5. The van der Waals surface area contributed by atoms with Gasteiger partial charge in [-0.1, -0.05) is 162 Å². The van der Waals surface area contributed by atoms with Crippen LogP contribution in [-0.2, 0) is 0 Å². The highest BCUT2D eigenvalue weighted by Gasteiger charge is 2.36. The van der Waals surface area contributed by atoms with Crippen molar-refractivity contribution < 1.29 is 54.2 Å². The number of hydrogen-bond acceptors (Lipinski definition) is 22. The summed E-state index contributed by atoms with van der Waals surface area (Å²) >= 11 is 12.7. The maximum absolute atomic E-state index is 12.1. The van der Waals surface area contributed by atoms with Gasteiger partial charge in [-0.25, -0.2) is 48.9 Å². The molecule has 10 amide bonds. The first-order valence-corrected chi connectivity index (χ1v) is 48.6. The van der Waals surface area contributed by atoms with E-state index >= 15 is 0 Å². The predicted octanol–water partition coefficient (Wildman–Crippen LogP) is 23.5. The molecule has 0 spiro atoms. The first-order chi connectivity index (χ1) is 65.9. The summed E-state index contributed by atoms with van der Waals surface area (Å²) in [6.45, 7) is 9.36. The number of ether oxygens (including phenoxy) is 1. The number of carbonyl (C=O) groups is 5. The van der Waals surface area contributed by atoms with Crippen molar-refractivity contribution in [2.24, 2.45) is 0 Å². The predicted molar refractivity (Wildman–Crippen MR) is 543 cm³/mol. The number of aromatic hydroxyl groups is 5. The van der Waals surface area contributed by atoms with Gasteiger partial charge in [-0.15, -0.1) is 68.0 Å². The van der Waals surface area contributed by atoms with Crippen LogP contribution in [0.4, 0.5) is 24.0 Å². The van der Waals surface area contributed by atoms with Crippen molar-refractivity contribution in [2.75, 3.05) is 7.11 Å². The minimum absolute atomic E-state index is 0.136. The Labute approximate surface area is 813 Å². The van der Waals surface area contributed by atoms with Crippen molar-refractivity contribution >= 4 is 153 Å². The molecule has 0 bridgehead atoms. The van der Waals surface area contributed by atoms with E-state index in [-0.39, 0.29) is 83.1 Å². The fraction of sp³-hybridized carbons (Fsp3) is 0.107. The number of allylic oxidation sites excluding steroid dienone is 5. The molecule has 0 saturated carbocycles. The Morgan fingerprint density at radius 3 is 0.941 bits per heavy atom. The van der Waals surface area contributed by atoms with Gasteiger partial charge in [0, 0.05) is 110 Å². The minimum Gasteiger partial charge on any atom is -0.508 e. The highest BCUT2D eigenvalue weighted by molar-refractivity contribution is 9.10. The van der Waals surface area contributed by atoms with Gasteiger partial charge in [0.15, 0.2) is 0 Å². The number of thiazole rings is 5. The van der Waals surface area contributed by atoms with Gasteiger partial charge in [-0.3, -0.25) is 0 Å². The largest absolute Gasteiger partial charge is 0.508 e. The number of hydrogen-bond donors (Lipinski definition) is 15. The third-order valence-corrected chi connectivity index (χ3v) is 28.3. The molecule has 682 valence electrons. The summed E-state index contributed by atoms with van der Waals surface area (Å²) in [4.78, 5) is 85.3. The molecule has 0 radical (unpaired) electrons. The fourth-order valence-corrected chi connectivity index (χ4v) is 21.9. The summed E-state index contributed by atoms with van der Waals surface area (Å²) in [6, 6.07) is 75.9. The van der Waals surface area contributed by atoms with Gasteiger partial charge in [0.25, 0.3) is 0 Å². The third kappa shape index (κ3) is 21.5. The van der Waals surface area contributed by atoms with E-state index in [1.807, 2.05) is 200 Å². The van der Waals surface area contributed by atoms with Gasteiger partial charge in [0.1, 0.15) is 59.5 Å². The molecular formula is C103H86BrN15O11S6. The molecular weight excluding hydrogens is 1900 g/mol. The molecule has 33 heteroatoms. The highest BCUT2D eigenvalue weighted by atomic mass is 79.9. The van der Waals surface area contributed by atoms with E-state index in [0.29, 0.717) is 5.70 Å². The maximum atomic E-state index is 12.1. The Bertz CT molecular complexity index is 7370. The van der Waals surface area contributed by atoms with Crippen LogP contribution in [0.2, 0.25) is 0 Å². The number of halogens is 1. The number of methoxy groups -OCH3 is 1. The molecule has 136 heavy (non-hydrogen) atoms. The van der Waals surface area contributed by atoms with Crippen molar-refractivity contribution in [3.8, 4) is 90.1 Å². The quantitative estimate of drug-likeness (QED) is 0.0427. The molecule has 5 aliphatic heterocycles. The van der Waals surface area contributed by atoms with Gasteiger partial charge < -0.3 is 83.4 Å². The molecule has 26 nitrogen and oxygen atoms in total. The molecule has 5 unspecified atom stereocenters. The summed E-state index contributed by atoms with van der Waals surface area (Å²) in [5, 5.41) is 96.6. The lowest BCUT2D eigenvalue weighted by atomic mass is 9.96. The molecule has 0 aliphatic carbocycles. The van der Waals surface area contributed by atoms with Crippen LogP contribution in [0.3, 0.4) is 0 Å². The lowest BCUT2D eigenvalue weighted by Crippen LogP contribution is -2.42. The number of rotatable bonds is 16. The Morgan fingerprint density at radius 1 is 0.287 bits per heavy atom. The normalized spacial score (nSPS) is 16.8. The first kappa shape index (κ1) is 92.5. The maximum Gasteiger partial charge on any atom is 0.319 e. The fourth-order valence-electron chi connectivity index (χ4n) is 16.1. The molecule has 16 aromatic rings. The number of amides is 10. The third-order valence-electron chi connectivity index (χ3n) is 22.5. The second kappa shape index (κ2) is 41.4. The summed E-state index contributed by atoms with van der Waals surface area (Å²) in [5.41, 5.74) is 20.9. The molecule has 15 N–H and O–H groups in total. The number of benzene rings is 10. The summed E-state index contributed by atoms with van der Waals surface area (Å²) in [7, 11) is 1.65. The number of fused-ring (bicyclic) bond motifs is 1.